The van der Waals surface area contributed by atoms with Gasteiger partial charge in [0.15, 0.2) is 5.96 Å². The van der Waals surface area contributed by atoms with Crippen LogP contribution in [0.25, 0.3) is 0 Å². The minimum Gasteiger partial charge on any atom is -0.465 e. The molecule has 3 heterocycles. The number of rotatable bonds is 6. The van der Waals surface area contributed by atoms with Gasteiger partial charge in [0, 0.05) is 50.7 Å². The van der Waals surface area contributed by atoms with Gasteiger partial charge in [-0.1, -0.05) is 6.92 Å². The van der Waals surface area contributed by atoms with Crippen molar-refractivity contribution in [2.75, 3.05) is 44.7 Å². The SMILES string of the molecule is CCNC(=NCc1cc(C(=O)OC)c(C)o1)N1CCN(c2nc(CC)ns2)CC1.I. The van der Waals surface area contributed by atoms with Crippen LogP contribution < -0.4 is 10.2 Å². The van der Waals surface area contributed by atoms with Gasteiger partial charge in [0.2, 0.25) is 5.13 Å². The van der Waals surface area contributed by atoms with Gasteiger partial charge < -0.3 is 24.3 Å². The van der Waals surface area contributed by atoms with E-state index in [4.69, 9.17) is 14.1 Å². The summed E-state index contributed by atoms with van der Waals surface area (Å²) < 4.78 is 14.8. The molecule has 0 unspecified atom stereocenters. The summed E-state index contributed by atoms with van der Waals surface area (Å²) in [5.74, 6) is 2.53. The number of anilines is 1. The van der Waals surface area contributed by atoms with Crippen LogP contribution in [0.2, 0.25) is 0 Å². The molecule has 0 spiro atoms. The normalized spacial score (nSPS) is 14.5. The molecule has 166 valence electrons. The van der Waals surface area contributed by atoms with E-state index in [0.717, 1.165) is 56.1 Å². The maximum atomic E-state index is 11.8. The standard InChI is InChI=1S/C19H28N6O3S.HI/c1-5-16-22-19(29-23-16)25-9-7-24(8-10-25)18(20-6-2)21-12-14-11-15(13(3)28-14)17(26)27-4;/h11H,5-10,12H2,1-4H3,(H,20,21);1H. The number of aromatic nitrogens is 2. The summed E-state index contributed by atoms with van der Waals surface area (Å²) in [5.41, 5.74) is 0.444. The van der Waals surface area contributed by atoms with Gasteiger partial charge in [-0.2, -0.15) is 4.37 Å². The van der Waals surface area contributed by atoms with Crippen LogP contribution in [0, 0.1) is 6.92 Å². The number of methoxy groups -OCH3 is 1. The predicted molar refractivity (Wildman–Crippen MR) is 128 cm³/mol. The summed E-state index contributed by atoms with van der Waals surface area (Å²) in [4.78, 5) is 25.5. The first-order chi connectivity index (χ1) is 14.0. The molecule has 0 amide bonds. The van der Waals surface area contributed by atoms with E-state index in [0.29, 0.717) is 23.6 Å². The van der Waals surface area contributed by atoms with Crippen LogP contribution in [0.3, 0.4) is 0 Å². The summed E-state index contributed by atoms with van der Waals surface area (Å²) in [6.45, 7) is 10.4. The fourth-order valence-electron chi connectivity index (χ4n) is 3.14. The van der Waals surface area contributed by atoms with Crippen molar-refractivity contribution in [2.24, 2.45) is 4.99 Å². The van der Waals surface area contributed by atoms with E-state index in [2.05, 4.69) is 31.4 Å². The third-order valence-electron chi connectivity index (χ3n) is 4.72. The molecule has 2 aromatic rings. The van der Waals surface area contributed by atoms with E-state index < -0.39 is 5.97 Å². The first kappa shape index (κ1) is 24.4. The van der Waals surface area contributed by atoms with Gasteiger partial charge in [0.25, 0.3) is 0 Å². The van der Waals surface area contributed by atoms with Crippen LogP contribution in [0.4, 0.5) is 5.13 Å². The molecule has 1 aliphatic rings. The van der Waals surface area contributed by atoms with Gasteiger partial charge in [0.1, 0.15) is 29.5 Å². The zero-order valence-corrected chi connectivity index (χ0v) is 21.0. The van der Waals surface area contributed by atoms with E-state index in [1.54, 1.807) is 13.0 Å². The van der Waals surface area contributed by atoms with Gasteiger partial charge in [-0.25, -0.2) is 14.8 Å². The smallest absolute Gasteiger partial charge is 0.341 e. The number of aryl methyl sites for hydroxylation is 2. The van der Waals surface area contributed by atoms with E-state index in [1.165, 1.54) is 18.6 Å². The third-order valence-corrected chi connectivity index (χ3v) is 5.53. The average Bonchev–Trinajstić information content (AvgIpc) is 3.37. The number of nitrogens with one attached hydrogen (secondary N) is 1. The van der Waals surface area contributed by atoms with Crippen LogP contribution in [0.5, 0.6) is 0 Å². The van der Waals surface area contributed by atoms with Gasteiger partial charge in [0.05, 0.1) is 7.11 Å². The summed E-state index contributed by atoms with van der Waals surface area (Å²) >= 11 is 1.47. The maximum Gasteiger partial charge on any atom is 0.341 e. The second-order valence-corrected chi connectivity index (χ2v) is 7.40. The highest BCUT2D eigenvalue weighted by Gasteiger charge is 2.22. The second kappa shape index (κ2) is 11.5. The Labute approximate surface area is 198 Å². The molecule has 0 bridgehead atoms. The Morgan fingerprint density at radius 3 is 2.67 bits per heavy atom. The number of nitrogens with zero attached hydrogens (tertiary/aromatic N) is 5. The number of aliphatic imine (C=N–C) groups is 1. The van der Waals surface area contributed by atoms with Crippen molar-refractivity contribution in [1.29, 1.82) is 0 Å². The lowest BCUT2D eigenvalue weighted by Gasteiger charge is -2.36. The Balaban J connectivity index is 0.00000320. The van der Waals surface area contributed by atoms with Crippen molar-refractivity contribution >= 4 is 52.6 Å². The lowest BCUT2D eigenvalue weighted by Crippen LogP contribution is -2.52. The second-order valence-electron chi connectivity index (χ2n) is 6.67. The number of furan rings is 1. The molecular formula is C19H29IN6O3S. The zero-order chi connectivity index (χ0) is 20.8. The Morgan fingerprint density at radius 1 is 1.33 bits per heavy atom. The number of ether oxygens (including phenoxy) is 1. The van der Waals surface area contributed by atoms with Crippen molar-refractivity contribution in [3.05, 3.63) is 29.0 Å². The predicted octanol–water partition coefficient (Wildman–Crippen LogP) is 2.69. The summed E-state index contributed by atoms with van der Waals surface area (Å²) in [5, 5.41) is 4.34. The minimum absolute atomic E-state index is 0. The molecule has 0 atom stereocenters. The number of hydrogen-bond donors (Lipinski definition) is 1. The molecule has 0 aliphatic carbocycles. The Bertz CT molecular complexity index is 860. The highest BCUT2D eigenvalue weighted by atomic mass is 127. The first-order valence-corrected chi connectivity index (χ1v) is 10.6. The van der Waals surface area contributed by atoms with Gasteiger partial charge in [-0.05, 0) is 19.9 Å². The van der Waals surface area contributed by atoms with E-state index in [1.807, 2.05) is 6.92 Å². The molecule has 0 radical (unpaired) electrons. The average molecular weight is 548 g/mol. The fourth-order valence-corrected chi connectivity index (χ4v) is 3.94. The maximum absolute atomic E-state index is 11.8. The lowest BCUT2D eigenvalue weighted by atomic mass is 10.2. The minimum atomic E-state index is -0.396. The highest BCUT2D eigenvalue weighted by Crippen LogP contribution is 2.20. The Morgan fingerprint density at radius 2 is 2.07 bits per heavy atom. The fraction of sp³-hybridized carbons (Fsp3) is 0.579. The van der Waals surface area contributed by atoms with Crippen LogP contribution in [-0.2, 0) is 17.7 Å². The van der Waals surface area contributed by atoms with Crippen LogP contribution in [-0.4, -0.2) is 66.0 Å². The molecule has 11 heteroatoms. The topological polar surface area (TPSA) is 96.1 Å². The highest BCUT2D eigenvalue weighted by molar-refractivity contribution is 14.0. The Hall–Kier alpha value is -1.89. The molecule has 1 fully saturated rings. The molecule has 30 heavy (non-hydrogen) atoms. The van der Waals surface area contributed by atoms with Crippen molar-refractivity contribution in [1.82, 2.24) is 19.6 Å². The van der Waals surface area contributed by atoms with Crippen molar-refractivity contribution < 1.29 is 13.9 Å². The number of esters is 1. The zero-order valence-electron chi connectivity index (χ0n) is 17.8. The number of halogens is 1. The molecule has 3 rings (SSSR count). The van der Waals surface area contributed by atoms with Gasteiger partial charge in [-0.15, -0.1) is 24.0 Å². The summed E-state index contributed by atoms with van der Waals surface area (Å²) in [6.07, 6.45) is 0.859. The number of carbonyl (C=O) groups is 1. The van der Waals surface area contributed by atoms with E-state index in [-0.39, 0.29) is 24.0 Å². The Kier molecular flexibility index (Phi) is 9.34. The molecule has 1 saturated heterocycles. The van der Waals surface area contributed by atoms with Crippen LogP contribution in [0.15, 0.2) is 15.5 Å². The first-order valence-electron chi connectivity index (χ1n) is 9.84. The number of hydrogen-bond acceptors (Lipinski definition) is 8. The number of guanidine groups is 1. The van der Waals surface area contributed by atoms with Crippen molar-refractivity contribution in [2.45, 2.75) is 33.7 Å². The largest absolute Gasteiger partial charge is 0.465 e. The quantitative estimate of drug-likeness (QED) is 0.255. The van der Waals surface area contributed by atoms with Gasteiger partial charge >= 0.3 is 5.97 Å². The molecular weight excluding hydrogens is 519 g/mol. The van der Waals surface area contributed by atoms with Gasteiger partial charge in [-0.3, -0.25) is 0 Å². The lowest BCUT2D eigenvalue weighted by molar-refractivity contribution is 0.0599. The third kappa shape index (κ3) is 5.84. The summed E-state index contributed by atoms with van der Waals surface area (Å²) in [7, 11) is 1.36. The van der Waals surface area contributed by atoms with Crippen LogP contribution >= 0.6 is 35.5 Å². The van der Waals surface area contributed by atoms with E-state index >= 15 is 0 Å². The number of carbonyl (C=O) groups excluding carboxylic acids is 1. The molecule has 2 aromatic heterocycles. The molecule has 9 nitrogen and oxygen atoms in total. The molecule has 1 aliphatic heterocycles. The number of piperazine rings is 1. The van der Waals surface area contributed by atoms with E-state index in [9.17, 15) is 4.79 Å². The monoisotopic (exact) mass is 548 g/mol. The molecule has 0 aromatic carbocycles. The molecule has 1 N–H and O–H groups in total. The van der Waals surface area contributed by atoms with Crippen LogP contribution in [0.1, 0.15) is 41.6 Å². The van der Waals surface area contributed by atoms with Crippen molar-refractivity contribution in [3.8, 4) is 0 Å². The molecule has 0 saturated carbocycles. The van der Waals surface area contributed by atoms with Crippen molar-refractivity contribution in [3.63, 3.8) is 0 Å². The summed E-state index contributed by atoms with van der Waals surface area (Å²) in [6, 6.07) is 1.70.